The summed E-state index contributed by atoms with van der Waals surface area (Å²) in [5.74, 6) is -0.179. The van der Waals surface area contributed by atoms with E-state index in [-0.39, 0.29) is 15.8 Å². The summed E-state index contributed by atoms with van der Waals surface area (Å²) < 4.78 is 0. The Kier molecular flexibility index (Phi) is 3.07. The summed E-state index contributed by atoms with van der Waals surface area (Å²) in [6.45, 7) is 3.66. The van der Waals surface area contributed by atoms with Gasteiger partial charge in [-0.15, -0.1) is 0 Å². The largest absolute Gasteiger partial charge is 0.506 e. The number of phenolic OH excluding ortho intramolecular Hbond substituents is 1. The fourth-order valence-corrected chi connectivity index (χ4v) is 2.84. The molecular weight excluding hydrogens is 263 g/mol. The van der Waals surface area contributed by atoms with Gasteiger partial charge in [0.05, 0.1) is 17.2 Å². The molecule has 0 amide bonds. The molecule has 0 bridgehead atoms. The molecule has 2 rings (SSSR count). The van der Waals surface area contributed by atoms with Crippen LogP contribution >= 0.6 is 23.2 Å². The van der Waals surface area contributed by atoms with Gasteiger partial charge in [-0.25, -0.2) is 0 Å². The third-order valence-electron chi connectivity index (χ3n) is 3.84. The second kappa shape index (κ2) is 4.02. The van der Waals surface area contributed by atoms with Gasteiger partial charge >= 0.3 is 0 Å². The Labute approximate surface area is 110 Å². The SMILES string of the molecule is CCC1(C)C(O)c2cc(O)c(Cl)c(Cl)c2C1O. The highest BCUT2D eigenvalue weighted by Crippen LogP contribution is 2.58. The maximum Gasteiger partial charge on any atom is 0.136 e. The van der Waals surface area contributed by atoms with Crippen molar-refractivity contribution >= 4 is 23.2 Å². The summed E-state index contributed by atoms with van der Waals surface area (Å²) in [6, 6.07) is 1.37. The van der Waals surface area contributed by atoms with Gasteiger partial charge < -0.3 is 15.3 Å². The molecule has 3 atom stereocenters. The molecule has 3 unspecified atom stereocenters. The summed E-state index contributed by atoms with van der Waals surface area (Å²) in [5, 5.41) is 30.2. The number of hydrogen-bond donors (Lipinski definition) is 3. The zero-order valence-corrected chi connectivity index (χ0v) is 11.0. The topological polar surface area (TPSA) is 60.7 Å². The lowest BCUT2D eigenvalue weighted by Crippen LogP contribution is -2.25. The van der Waals surface area contributed by atoms with E-state index in [0.717, 1.165) is 0 Å². The second-order valence-corrected chi connectivity index (χ2v) is 5.45. The highest BCUT2D eigenvalue weighted by atomic mass is 35.5. The van der Waals surface area contributed by atoms with E-state index in [2.05, 4.69) is 0 Å². The van der Waals surface area contributed by atoms with Crippen LogP contribution in [0.5, 0.6) is 5.75 Å². The Hall–Kier alpha value is -0.480. The van der Waals surface area contributed by atoms with Crippen LogP contribution in [0, 0.1) is 5.41 Å². The first-order valence-electron chi connectivity index (χ1n) is 5.41. The fraction of sp³-hybridized carbons (Fsp3) is 0.500. The van der Waals surface area contributed by atoms with E-state index in [0.29, 0.717) is 17.5 Å². The minimum Gasteiger partial charge on any atom is -0.506 e. The van der Waals surface area contributed by atoms with Crippen LogP contribution in [-0.2, 0) is 0 Å². The maximum atomic E-state index is 10.3. The Morgan fingerprint density at radius 2 is 1.82 bits per heavy atom. The Balaban J connectivity index is 2.70. The van der Waals surface area contributed by atoms with E-state index in [9.17, 15) is 15.3 Å². The number of aromatic hydroxyl groups is 1. The molecule has 0 saturated heterocycles. The van der Waals surface area contributed by atoms with Gasteiger partial charge in [0.2, 0.25) is 0 Å². The van der Waals surface area contributed by atoms with Gasteiger partial charge in [0.1, 0.15) is 10.8 Å². The summed E-state index contributed by atoms with van der Waals surface area (Å²) in [5.41, 5.74) is 0.170. The first-order valence-corrected chi connectivity index (χ1v) is 6.17. The lowest BCUT2D eigenvalue weighted by molar-refractivity contribution is -0.0432. The van der Waals surface area contributed by atoms with E-state index in [4.69, 9.17) is 23.2 Å². The van der Waals surface area contributed by atoms with Crippen LogP contribution < -0.4 is 0 Å². The van der Waals surface area contributed by atoms with Crippen molar-refractivity contribution in [2.45, 2.75) is 32.5 Å². The molecule has 0 radical (unpaired) electrons. The van der Waals surface area contributed by atoms with Crippen molar-refractivity contribution in [3.05, 3.63) is 27.2 Å². The van der Waals surface area contributed by atoms with Crippen LogP contribution in [0.1, 0.15) is 43.6 Å². The molecule has 1 aliphatic rings. The van der Waals surface area contributed by atoms with Crippen molar-refractivity contribution in [2.24, 2.45) is 5.41 Å². The highest BCUT2D eigenvalue weighted by molar-refractivity contribution is 6.43. The number of hydrogen-bond acceptors (Lipinski definition) is 3. The third kappa shape index (κ3) is 1.57. The predicted molar refractivity (Wildman–Crippen MR) is 66.4 cm³/mol. The zero-order valence-electron chi connectivity index (χ0n) is 9.54. The van der Waals surface area contributed by atoms with Crippen LogP contribution in [0.2, 0.25) is 10.0 Å². The van der Waals surface area contributed by atoms with Crippen LogP contribution in [0.4, 0.5) is 0 Å². The first-order chi connectivity index (χ1) is 7.84. The quantitative estimate of drug-likeness (QED) is 0.738. The number of aliphatic hydroxyl groups excluding tert-OH is 2. The minimum atomic E-state index is -0.886. The molecule has 1 aliphatic carbocycles. The number of fused-ring (bicyclic) bond motifs is 1. The van der Waals surface area contributed by atoms with E-state index < -0.39 is 17.6 Å². The van der Waals surface area contributed by atoms with Crippen LogP contribution in [0.15, 0.2) is 6.07 Å². The van der Waals surface area contributed by atoms with Crippen molar-refractivity contribution in [1.29, 1.82) is 0 Å². The number of rotatable bonds is 1. The second-order valence-electron chi connectivity index (χ2n) is 4.69. The van der Waals surface area contributed by atoms with Crippen molar-refractivity contribution in [3.63, 3.8) is 0 Å². The van der Waals surface area contributed by atoms with Gasteiger partial charge in [0.25, 0.3) is 0 Å². The van der Waals surface area contributed by atoms with Gasteiger partial charge in [-0.3, -0.25) is 0 Å². The predicted octanol–water partition coefficient (Wildman–Crippen LogP) is 3.20. The smallest absolute Gasteiger partial charge is 0.136 e. The average molecular weight is 277 g/mol. The van der Waals surface area contributed by atoms with E-state index in [1.54, 1.807) is 6.92 Å². The number of benzene rings is 1. The lowest BCUT2D eigenvalue weighted by atomic mass is 9.80. The maximum absolute atomic E-state index is 10.3. The van der Waals surface area contributed by atoms with Crippen molar-refractivity contribution in [1.82, 2.24) is 0 Å². The van der Waals surface area contributed by atoms with Gasteiger partial charge in [0.15, 0.2) is 0 Å². The molecule has 5 heteroatoms. The number of aliphatic hydroxyl groups is 2. The van der Waals surface area contributed by atoms with Gasteiger partial charge in [-0.1, -0.05) is 37.0 Å². The molecule has 17 heavy (non-hydrogen) atoms. The summed E-state index contributed by atoms with van der Waals surface area (Å²) in [6.07, 6.45) is -1.17. The van der Waals surface area contributed by atoms with Gasteiger partial charge in [-0.05, 0) is 18.1 Å². The normalized spacial score (nSPS) is 31.6. The fourth-order valence-electron chi connectivity index (χ4n) is 2.37. The molecule has 1 aromatic carbocycles. The van der Waals surface area contributed by atoms with Crippen LogP contribution in [0.25, 0.3) is 0 Å². The number of halogens is 2. The van der Waals surface area contributed by atoms with Crippen molar-refractivity contribution in [2.75, 3.05) is 0 Å². The molecular formula is C12H14Cl2O3. The molecule has 1 aromatic rings. The van der Waals surface area contributed by atoms with Gasteiger partial charge in [0, 0.05) is 11.0 Å². The molecule has 3 N–H and O–H groups in total. The molecule has 0 saturated carbocycles. The van der Waals surface area contributed by atoms with Crippen molar-refractivity contribution < 1.29 is 15.3 Å². The molecule has 0 aliphatic heterocycles. The molecule has 0 aromatic heterocycles. The highest BCUT2D eigenvalue weighted by Gasteiger charge is 2.49. The third-order valence-corrected chi connectivity index (χ3v) is 4.71. The lowest BCUT2D eigenvalue weighted by Gasteiger charge is -2.30. The molecule has 94 valence electrons. The minimum absolute atomic E-state index is 0.0111. The first kappa shape index (κ1) is 13.0. The average Bonchev–Trinajstić information content (AvgIpc) is 2.49. The molecule has 0 fully saturated rings. The monoisotopic (exact) mass is 276 g/mol. The Morgan fingerprint density at radius 1 is 1.24 bits per heavy atom. The molecule has 3 nitrogen and oxygen atoms in total. The van der Waals surface area contributed by atoms with Crippen molar-refractivity contribution in [3.8, 4) is 5.75 Å². The van der Waals surface area contributed by atoms with Crippen LogP contribution in [-0.4, -0.2) is 15.3 Å². The molecule has 0 spiro atoms. The standard InChI is InChI=1S/C12H14Cl2O3/c1-3-12(2)10(16)5-4-6(15)8(13)9(14)7(5)11(12)17/h4,10-11,15-17H,3H2,1-2H3. The summed E-state index contributed by atoms with van der Waals surface area (Å²) in [4.78, 5) is 0. The van der Waals surface area contributed by atoms with Gasteiger partial charge in [-0.2, -0.15) is 0 Å². The van der Waals surface area contributed by atoms with Crippen LogP contribution in [0.3, 0.4) is 0 Å². The Bertz CT molecular complexity index is 475. The summed E-state index contributed by atoms with van der Waals surface area (Å²) >= 11 is 11.9. The van der Waals surface area contributed by atoms with E-state index >= 15 is 0 Å². The number of phenols is 1. The van der Waals surface area contributed by atoms with E-state index in [1.165, 1.54) is 6.07 Å². The van der Waals surface area contributed by atoms with E-state index in [1.807, 2.05) is 6.92 Å². The summed E-state index contributed by atoms with van der Waals surface area (Å²) in [7, 11) is 0. The Morgan fingerprint density at radius 3 is 2.35 bits per heavy atom. The molecule has 0 heterocycles. The zero-order chi connectivity index (χ0) is 13.0.